The van der Waals surface area contributed by atoms with E-state index in [-0.39, 0.29) is 19.0 Å². The van der Waals surface area contributed by atoms with Crippen molar-refractivity contribution in [1.82, 2.24) is 0 Å². The average molecular weight is 362 g/mol. The topological polar surface area (TPSA) is 112 Å². The molecule has 1 aromatic rings. The van der Waals surface area contributed by atoms with E-state index in [0.29, 0.717) is 19.3 Å². The van der Waals surface area contributed by atoms with E-state index >= 15 is 0 Å². The number of aryl methyl sites for hydroxylation is 1. The number of carboxylic acid groups (broad SMARTS) is 2. The van der Waals surface area contributed by atoms with Crippen molar-refractivity contribution >= 4 is 30.6 Å². The van der Waals surface area contributed by atoms with Crippen molar-refractivity contribution in [1.29, 1.82) is 0 Å². The lowest BCUT2D eigenvalue weighted by molar-refractivity contribution is -0.143. The van der Waals surface area contributed by atoms with Crippen LogP contribution in [-0.2, 0) is 20.6 Å². The van der Waals surface area contributed by atoms with E-state index in [4.69, 9.17) is 5.11 Å². The number of aliphatic carboxylic acids is 2. The van der Waals surface area contributed by atoms with Crippen molar-refractivity contribution in [2.24, 2.45) is 5.92 Å². The zero-order chi connectivity index (χ0) is 17.5. The Balaban J connectivity index is 2.87. The molecule has 23 heavy (non-hydrogen) atoms. The van der Waals surface area contributed by atoms with E-state index in [1.54, 1.807) is 0 Å². The van der Waals surface area contributed by atoms with Crippen molar-refractivity contribution in [3.8, 4) is 0 Å². The Kier molecular flexibility index (Phi) is 7.95. The lowest BCUT2D eigenvalue weighted by Crippen LogP contribution is -2.30. The highest BCUT2D eigenvalue weighted by atomic mass is 32.1. The number of carbonyl (C=O) groups is 2. The van der Waals surface area contributed by atoms with Crippen LogP contribution in [0.15, 0.2) is 16.8 Å². The second-order valence-electron chi connectivity index (χ2n) is 5.59. The SMILES string of the molecule is CCCC(C(CCC(=O)O)C(=O)O)P(=O)(O)CCc1ccsc1. The van der Waals surface area contributed by atoms with Crippen LogP contribution in [0.1, 0.15) is 38.2 Å². The van der Waals surface area contributed by atoms with Gasteiger partial charge in [-0.1, -0.05) is 13.3 Å². The van der Waals surface area contributed by atoms with Crippen LogP contribution in [0.5, 0.6) is 0 Å². The van der Waals surface area contributed by atoms with Crippen LogP contribution >= 0.6 is 18.7 Å². The maximum atomic E-state index is 12.7. The number of rotatable bonds is 11. The molecule has 3 atom stereocenters. The van der Waals surface area contributed by atoms with Crippen molar-refractivity contribution < 1.29 is 29.3 Å². The third kappa shape index (κ3) is 6.45. The van der Waals surface area contributed by atoms with E-state index in [9.17, 15) is 24.2 Å². The van der Waals surface area contributed by atoms with E-state index < -0.39 is 30.9 Å². The van der Waals surface area contributed by atoms with Gasteiger partial charge in [-0.25, -0.2) is 0 Å². The van der Waals surface area contributed by atoms with Gasteiger partial charge in [-0.15, -0.1) is 0 Å². The molecule has 3 unspecified atom stereocenters. The molecule has 0 aliphatic heterocycles. The fourth-order valence-electron chi connectivity index (χ4n) is 2.63. The quantitative estimate of drug-likeness (QED) is 0.521. The summed E-state index contributed by atoms with van der Waals surface area (Å²) in [5.41, 5.74) is 0.0555. The number of thiophene rings is 1. The summed E-state index contributed by atoms with van der Waals surface area (Å²) < 4.78 is 12.7. The molecule has 0 saturated carbocycles. The van der Waals surface area contributed by atoms with Crippen molar-refractivity contribution in [2.45, 2.75) is 44.7 Å². The first-order chi connectivity index (χ1) is 10.8. The van der Waals surface area contributed by atoms with Crippen molar-refractivity contribution in [2.75, 3.05) is 6.16 Å². The molecule has 1 rings (SSSR count). The van der Waals surface area contributed by atoms with E-state index in [0.717, 1.165) is 5.56 Å². The number of hydrogen-bond donors (Lipinski definition) is 3. The maximum absolute atomic E-state index is 12.7. The fraction of sp³-hybridized carbons (Fsp3) is 0.600. The minimum Gasteiger partial charge on any atom is -0.481 e. The highest BCUT2D eigenvalue weighted by Crippen LogP contribution is 2.52. The molecule has 0 aliphatic rings. The highest BCUT2D eigenvalue weighted by Gasteiger charge is 2.40. The third-order valence-electron chi connectivity index (χ3n) is 3.85. The average Bonchev–Trinajstić information content (AvgIpc) is 2.97. The molecular weight excluding hydrogens is 339 g/mol. The van der Waals surface area contributed by atoms with Gasteiger partial charge in [-0.2, -0.15) is 11.3 Å². The Morgan fingerprint density at radius 2 is 2.00 bits per heavy atom. The molecule has 0 bridgehead atoms. The van der Waals surface area contributed by atoms with Gasteiger partial charge >= 0.3 is 11.9 Å². The van der Waals surface area contributed by atoms with Gasteiger partial charge < -0.3 is 15.1 Å². The molecule has 0 fully saturated rings. The third-order valence-corrected chi connectivity index (χ3v) is 7.11. The van der Waals surface area contributed by atoms with Gasteiger partial charge in [0.2, 0.25) is 7.37 Å². The first-order valence-corrected chi connectivity index (χ1v) is 10.4. The Labute approximate surface area is 139 Å². The van der Waals surface area contributed by atoms with Crippen LogP contribution in [0.3, 0.4) is 0 Å². The number of carboxylic acids is 2. The summed E-state index contributed by atoms with van der Waals surface area (Å²) in [6, 6.07) is 1.87. The molecule has 3 N–H and O–H groups in total. The van der Waals surface area contributed by atoms with Gasteiger partial charge in [-0.3, -0.25) is 14.2 Å². The van der Waals surface area contributed by atoms with Crippen LogP contribution < -0.4 is 0 Å². The predicted octanol–water partition coefficient (Wildman–Crippen LogP) is 3.30. The summed E-state index contributed by atoms with van der Waals surface area (Å²) in [5.74, 6) is -3.41. The lowest BCUT2D eigenvalue weighted by atomic mass is 9.96. The normalized spacial score (nSPS) is 16.4. The van der Waals surface area contributed by atoms with Gasteiger partial charge in [0.05, 0.1) is 5.92 Å². The standard InChI is InChI=1S/C15H23O6PS/c1-2-3-13(12(15(18)19)4-5-14(16)17)22(20,21)8-6-11-7-9-23-10-11/h7,9-10,12-13H,2-6,8H2,1H3,(H,16,17)(H,18,19)(H,20,21). The molecule has 1 heterocycles. The monoisotopic (exact) mass is 362 g/mol. The van der Waals surface area contributed by atoms with Crippen molar-refractivity contribution in [3.63, 3.8) is 0 Å². The van der Waals surface area contributed by atoms with Gasteiger partial charge in [0, 0.05) is 18.2 Å². The molecule has 0 aromatic carbocycles. The summed E-state index contributed by atoms with van der Waals surface area (Å²) in [7, 11) is -3.70. The van der Waals surface area contributed by atoms with Gasteiger partial charge in [-0.05, 0) is 41.7 Å². The zero-order valence-corrected chi connectivity index (χ0v) is 14.8. The minimum absolute atomic E-state index is 0.0191. The van der Waals surface area contributed by atoms with E-state index in [1.165, 1.54) is 11.3 Å². The minimum atomic E-state index is -3.70. The molecule has 0 saturated heterocycles. The Morgan fingerprint density at radius 3 is 2.48 bits per heavy atom. The van der Waals surface area contributed by atoms with Crippen LogP contribution in [-0.4, -0.2) is 38.9 Å². The summed E-state index contributed by atoms with van der Waals surface area (Å²) in [5, 5.41) is 21.9. The van der Waals surface area contributed by atoms with E-state index in [1.807, 2.05) is 23.8 Å². The van der Waals surface area contributed by atoms with Gasteiger partial charge in [0.25, 0.3) is 0 Å². The smallest absolute Gasteiger partial charge is 0.307 e. The second-order valence-corrected chi connectivity index (χ2v) is 9.00. The predicted molar refractivity (Wildman–Crippen MR) is 89.4 cm³/mol. The molecule has 0 amide bonds. The first kappa shape index (κ1) is 19.9. The van der Waals surface area contributed by atoms with Gasteiger partial charge in [0.15, 0.2) is 0 Å². The zero-order valence-electron chi connectivity index (χ0n) is 13.1. The fourth-order valence-corrected chi connectivity index (χ4v) is 5.74. The lowest BCUT2D eigenvalue weighted by Gasteiger charge is -2.28. The Morgan fingerprint density at radius 1 is 1.30 bits per heavy atom. The molecule has 0 spiro atoms. The molecule has 1 aromatic heterocycles. The van der Waals surface area contributed by atoms with Crippen LogP contribution in [0.4, 0.5) is 0 Å². The summed E-state index contributed by atoms with van der Waals surface area (Å²) >= 11 is 1.50. The van der Waals surface area contributed by atoms with E-state index in [2.05, 4.69) is 0 Å². The van der Waals surface area contributed by atoms with Crippen LogP contribution in [0.25, 0.3) is 0 Å². The molecule has 8 heteroatoms. The Bertz CT molecular complexity index is 556. The number of hydrogen-bond acceptors (Lipinski definition) is 4. The molecule has 6 nitrogen and oxygen atoms in total. The summed E-state index contributed by atoms with van der Waals surface area (Å²) in [6.45, 7) is 1.82. The molecule has 0 aliphatic carbocycles. The highest BCUT2D eigenvalue weighted by molar-refractivity contribution is 7.58. The molecular formula is C15H23O6PS. The molecule has 130 valence electrons. The first-order valence-electron chi connectivity index (χ1n) is 7.55. The summed E-state index contributed by atoms with van der Waals surface area (Å²) in [4.78, 5) is 32.6. The summed E-state index contributed by atoms with van der Waals surface area (Å²) in [6.07, 6.45) is 0.868. The maximum Gasteiger partial charge on any atom is 0.307 e. The van der Waals surface area contributed by atoms with Crippen LogP contribution in [0, 0.1) is 5.92 Å². The largest absolute Gasteiger partial charge is 0.481 e. The van der Waals surface area contributed by atoms with Crippen molar-refractivity contribution in [3.05, 3.63) is 22.4 Å². The van der Waals surface area contributed by atoms with Crippen LogP contribution in [0.2, 0.25) is 0 Å². The second kappa shape index (κ2) is 9.21. The Hall–Kier alpha value is -1.17. The van der Waals surface area contributed by atoms with Gasteiger partial charge in [0.1, 0.15) is 0 Å². The molecule has 0 radical (unpaired) electrons.